The first kappa shape index (κ1) is 20.5. The van der Waals surface area contributed by atoms with Gasteiger partial charge in [0.1, 0.15) is 17.3 Å². The lowest BCUT2D eigenvalue weighted by Gasteiger charge is -2.29. The Morgan fingerprint density at radius 1 is 1.19 bits per heavy atom. The molecule has 3 aromatic rings. The van der Waals surface area contributed by atoms with Gasteiger partial charge in [0.15, 0.2) is 0 Å². The van der Waals surface area contributed by atoms with Gasteiger partial charge in [0.25, 0.3) is 11.6 Å². The Bertz CT molecular complexity index is 1050. The Kier molecular flexibility index (Phi) is 5.94. The highest BCUT2D eigenvalue weighted by atomic mass is 16.6. The summed E-state index contributed by atoms with van der Waals surface area (Å²) < 4.78 is 10.8. The van der Waals surface area contributed by atoms with Gasteiger partial charge >= 0.3 is 0 Å². The summed E-state index contributed by atoms with van der Waals surface area (Å²) in [5, 5.41) is 11.8. The zero-order valence-corrected chi connectivity index (χ0v) is 17.0. The minimum Gasteiger partial charge on any atom is -0.467 e. The van der Waals surface area contributed by atoms with Crippen molar-refractivity contribution in [1.82, 2.24) is 4.98 Å². The number of nitrogens with zero attached hydrogens (tertiary/aromatic N) is 4. The highest BCUT2D eigenvalue weighted by molar-refractivity contribution is 6.06. The summed E-state index contributed by atoms with van der Waals surface area (Å²) in [7, 11) is 0. The van der Waals surface area contributed by atoms with Crippen molar-refractivity contribution in [2.45, 2.75) is 13.0 Å². The number of anilines is 2. The molecule has 1 aliphatic heterocycles. The molecule has 9 nitrogen and oxygen atoms in total. The number of pyridine rings is 1. The van der Waals surface area contributed by atoms with Crippen molar-refractivity contribution < 1.29 is 18.9 Å². The van der Waals surface area contributed by atoms with Crippen molar-refractivity contribution in [2.24, 2.45) is 0 Å². The Balaban J connectivity index is 1.73. The predicted octanol–water partition coefficient (Wildman–Crippen LogP) is 3.83. The van der Waals surface area contributed by atoms with E-state index in [1.165, 1.54) is 17.2 Å². The molecule has 0 aliphatic carbocycles. The van der Waals surface area contributed by atoms with E-state index >= 15 is 0 Å². The maximum absolute atomic E-state index is 13.5. The molecular weight excluding hydrogens is 400 g/mol. The molecule has 2 aromatic heterocycles. The topological polar surface area (TPSA) is 102 Å². The third-order valence-corrected chi connectivity index (χ3v) is 5.23. The number of aromatic nitrogens is 1. The average molecular weight is 422 g/mol. The van der Waals surface area contributed by atoms with Crippen LogP contribution in [0.25, 0.3) is 0 Å². The normalized spacial score (nSPS) is 14.8. The molecule has 31 heavy (non-hydrogen) atoms. The molecule has 0 spiro atoms. The molecule has 0 saturated carbocycles. The number of benzene rings is 1. The smallest absolute Gasteiger partial charge is 0.293 e. The second-order valence-corrected chi connectivity index (χ2v) is 7.11. The summed E-state index contributed by atoms with van der Waals surface area (Å²) in [6.07, 6.45) is 3.13. The predicted molar refractivity (Wildman–Crippen MR) is 114 cm³/mol. The molecule has 0 bridgehead atoms. The van der Waals surface area contributed by atoms with Crippen LogP contribution in [0.2, 0.25) is 0 Å². The van der Waals surface area contributed by atoms with Crippen molar-refractivity contribution in [3.8, 4) is 0 Å². The molecule has 1 amide bonds. The average Bonchev–Trinajstić information content (AvgIpc) is 3.35. The fraction of sp³-hybridized carbons (Fsp3) is 0.273. The van der Waals surface area contributed by atoms with E-state index in [4.69, 9.17) is 9.15 Å². The number of ether oxygens (including phenoxy) is 1. The van der Waals surface area contributed by atoms with Crippen molar-refractivity contribution in [3.05, 3.63) is 82.4 Å². The second kappa shape index (κ2) is 8.97. The number of amides is 1. The summed E-state index contributed by atoms with van der Waals surface area (Å²) >= 11 is 0. The standard InChI is InChI=1S/C22H22N4O5/c1-16(20-5-4-12-31-20)25(21-6-2-3-9-23-21)22(27)17-7-8-18(19(15-17)26(28)29)24-10-13-30-14-11-24/h2-9,12,15-16H,10-11,13-14H2,1H3/t16-/m0/s1. The lowest BCUT2D eigenvalue weighted by molar-refractivity contribution is -0.384. The van der Waals surface area contributed by atoms with E-state index in [9.17, 15) is 14.9 Å². The van der Waals surface area contributed by atoms with Crippen LogP contribution in [0.3, 0.4) is 0 Å². The van der Waals surface area contributed by atoms with Crippen LogP contribution in [0.4, 0.5) is 17.2 Å². The Morgan fingerprint density at radius 2 is 2.00 bits per heavy atom. The van der Waals surface area contributed by atoms with Crippen LogP contribution in [0.1, 0.15) is 29.1 Å². The molecular formula is C22H22N4O5. The largest absolute Gasteiger partial charge is 0.467 e. The molecule has 1 atom stereocenters. The first-order valence-electron chi connectivity index (χ1n) is 9.95. The SMILES string of the molecule is C[C@@H](c1ccco1)N(C(=O)c1ccc(N2CCOCC2)c([N+](=O)[O-])c1)c1ccccn1. The van der Waals surface area contributed by atoms with Gasteiger partial charge in [-0.25, -0.2) is 4.98 Å². The van der Waals surface area contributed by atoms with Crippen molar-refractivity contribution in [3.63, 3.8) is 0 Å². The van der Waals surface area contributed by atoms with Gasteiger partial charge in [-0.3, -0.25) is 19.8 Å². The summed E-state index contributed by atoms with van der Waals surface area (Å²) in [6.45, 7) is 3.95. The molecule has 4 rings (SSSR count). The molecule has 9 heteroatoms. The molecule has 1 aliphatic rings. The number of nitro groups is 1. The fourth-order valence-electron chi connectivity index (χ4n) is 3.64. The van der Waals surface area contributed by atoms with E-state index in [2.05, 4.69) is 4.98 Å². The Hall–Kier alpha value is -3.72. The molecule has 3 heterocycles. The van der Waals surface area contributed by atoms with Gasteiger partial charge in [-0.15, -0.1) is 0 Å². The number of hydrogen-bond donors (Lipinski definition) is 0. The number of carbonyl (C=O) groups excluding carboxylic acids is 1. The van der Waals surface area contributed by atoms with Gasteiger partial charge in [-0.05, 0) is 43.3 Å². The number of rotatable bonds is 6. The van der Waals surface area contributed by atoms with Gasteiger partial charge in [0.05, 0.1) is 30.4 Å². The molecule has 160 valence electrons. The van der Waals surface area contributed by atoms with Crippen molar-refractivity contribution >= 4 is 23.1 Å². The number of nitro benzene ring substituents is 1. The monoisotopic (exact) mass is 422 g/mol. The lowest BCUT2D eigenvalue weighted by Crippen LogP contribution is -2.37. The van der Waals surface area contributed by atoms with E-state index in [1.54, 1.807) is 48.7 Å². The van der Waals surface area contributed by atoms with E-state index in [0.717, 1.165) is 0 Å². The lowest BCUT2D eigenvalue weighted by atomic mass is 10.1. The highest BCUT2D eigenvalue weighted by Gasteiger charge is 2.30. The van der Waals surface area contributed by atoms with Gasteiger partial charge < -0.3 is 14.1 Å². The maximum atomic E-state index is 13.5. The second-order valence-electron chi connectivity index (χ2n) is 7.11. The van der Waals surface area contributed by atoms with E-state index < -0.39 is 16.9 Å². The summed E-state index contributed by atoms with van der Waals surface area (Å²) in [6, 6.07) is 12.9. The van der Waals surface area contributed by atoms with Crippen LogP contribution in [0.15, 0.2) is 65.4 Å². The summed E-state index contributed by atoms with van der Waals surface area (Å²) in [5.41, 5.74) is 0.570. The fourth-order valence-corrected chi connectivity index (χ4v) is 3.64. The molecule has 0 radical (unpaired) electrons. The maximum Gasteiger partial charge on any atom is 0.293 e. The van der Waals surface area contributed by atoms with Crippen LogP contribution in [-0.2, 0) is 4.74 Å². The van der Waals surface area contributed by atoms with Crippen LogP contribution in [-0.4, -0.2) is 42.1 Å². The van der Waals surface area contributed by atoms with Crippen molar-refractivity contribution in [2.75, 3.05) is 36.1 Å². The highest BCUT2D eigenvalue weighted by Crippen LogP contribution is 2.33. The first-order valence-corrected chi connectivity index (χ1v) is 9.95. The minimum atomic E-state index is -0.463. The van der Waals surface area contributed by atoms with E-state index in [-0.39, 0.29) is 11.3 Å². The molecule has 0 unspecified atom stereocenters. The first-order chi connectivity index (χ1) is 15.1. The number of furan rings is 1. The third kappa shape index (κ3) is 4.26. The van der Waals surface area contributed by atoms with Gasteiger partial charge in [-0.2, -0.15) is 0 Å². The molecule has 0 N–H and O–H groups in total. The number of hydrogen-bond acceptors (Lipinski definition) is 7. The Labute approximate surface area is 179 Å². The van der Waals surface area contributed by atoms with Crippen LogP contribution in [0.5, 0.6) is 0 Å². The Morgan fingerprint density at radius 3 is 2.65 bits per heavy atom. The van der Waals surface area contributed by atoms with E-state index in [0.29, 0.717) is 43.6 Å². The zero-order chi connectivity index (χ0) is 21.8. The summed E-state index contributed by atoms with van der Waals surface area (Å²) in [4.78, 5) is 32.6. The molecule has 1 aromatic carbocycles. The molecule has 1 saturated heterocycles. The zero-order valence-electron chi connectivity index (χ0n) is 17.0. The third-order valence-electron chi connectivity index (χ3n) is 5.23. The van der Waals surface area contributed by atoms with E-state index in [1.807, 2.05) is 11.8 Å². The van der Waals surface area contributed by atoms with Crippen molar-refractivity contribution in [1.29, 1.82) is 0 Å². The minimum absolute atomic E-state index is 0.112. The van der Waals surface area contributed by atoms with Gasteiger partial charge in [0, 0.05) is 30.9 Å². The number of carbonyl (C=O) groups is 1. The summed E-state index contributed by atoms with van der Waals surface area (Å²) in [5.74, 6) is 0.606. The van der Waals surface area contributed by atoms with Crippen LogP contribution in [0, 0.1) is 10.1 Å². The van der Waals surface area contributed by atoms with Gasteiger partial charge in [0.2, 0.25) is 0 Å². The quantitative estimate of drug-likeness (QED) is 0.439. The van der Waals surface area contributed by atoms with Gasteiger partial charge in [-0.1, -0.05) is 6.07 Å². The number of morpholine rings is 1. The van der Waals surface area contributed by atoms with Crippen LogP contribution < -0.4 is 9.80 Å². The molecule has 1 fully saturated rings. The van der Waals surface area contributed by atoms with Crippen LogP contribution >= 0.6 is 0 Å².